The van der Waals surface area contributed by atoms with Crippen molar-refractivity contribution in [3.63, 3.8) is 0 Å². The van der Waals surface area contributed by atoms with E-state index in [-0.39, 0.29) is 5.91 Å². The number of carbonyl (C=O) groups excluding carboxylic acids is 1. The first-order chi connectivity index (χ1) is 14.4. The first-order valence-electron chi connectivity index (χ1n) is 10.2. The van der Waals surface area contributed by atoms with Crippen molar-refractivity contribution in [2.45, 2.75) is 70.3 Å². The summed E-state index contributed by atoms with van der Waals surface area (Å²) in [7, 11) is 0. The molecule has 1 fully saturated rings. The fourth-order valence-corrected chi connectivity index (χ4v) is 5.99. The van der Waals surface area contributed by atoms with Crippen LogP contribution in [0, 0.1) is 20.8 Å². The van der Waals surface area contributed by atoms with Crippen LogP contribution in [-0.4, -0.2) is 31.1 Å². The standard InChI is InChI=1S/C21H26N6OS2/c1-13-9-14(2)19(15(3)10-13)26(16(4)28)20-22-17(11-29-20)12-30-21-23-24-25-27(21)18-7-5-6-8-18/h9-11,18H,5-8,12H2,1-4H3. The maximum atomic E-state index is 12.5. The van der Waals surface area contributed by atoms with Gasteiger partial charge in [0.05, 0.1) is 17.4 Å². The van der Waals surface area contributed by atoms with E-state index in [1.54, 1.807) is 23.6 Å². The van der Waals surface area contributed by atoms with Gasteiger partial charge in [0.2, 0.25) is 11.1 Å². The zero-order chi connectivity index (χ0) is 21.3. The molecule has 0 aliphatic heterocycles. The summed E-state index contributed by atoms with van der Waals surface area (Å²) >= 11 is 3.09. The lowest BCUT2D eigenvalue weighted by atomic mass is 10.0. The van der Waals surface area contributed by atoms with Gasteiger partial charge in [0.15, 0.2) is 5.13 Å². The van der Waals surface area contributed by atoms with E-state index >= 15 is 0 Å². The Morgan fingerprint density at radius 3 is 2.60 bits per heavy atom. The largest absolute Gasteiger partial charge is 0.274 e. The van der Waals surface area contributed by atoms with Gasteiger partial charge in [0.25, 0.3) is 0 Å². The number of tetrazole rings is 1. The number of hydrogen-bond donors (Lipinski definition) is 0. The molecule has 2 aromatic heterocycles. The summed E-state index contributed by atoms with van der Waals surface area (Å²) in [6.07, 6.45) is 4.76. The Balaban J connectivity index is 1.53. The molecule has 1 aliphatic rings. The molecule has 4 rings (SSSR count). The van der Waals surface area contributed by atoms with Gasteiger partial charge in [-0.3, -0.25) is 9.69 Å². The third kappa shape index (κ3) is 4.27. The lowest BCUT2D eigenvalue weighted by Gasteiger charge is -2.23. The Morgan fingerprint density at radius 2 is 1.93 bits per heavy atom. The number of amides is 1. The molecule has 3 aromatic rings. The molecule has 7 nitrogen and oxygen atoms in total. The summed E-state index contributed by atoms with van der Waals surface area (Å²) in [6, 6.07) is 4.62. The lowest BCUT2D eigenvalue weighted by Crippen LogP contribution is -2.24. The predicted octanol–water partition coefficient (Wildman–Crippen LogP) is 5.15. The number of thiazole rings is 1. The molecule has 30 heavy (non-hydrogen) atoms. The van der Waals surface area contributed by atoms with Crippen molar-refractivity contribution < 1.29 is 4.79 Å². The van der Waals surface area contributed by atoms with Gasteiger partial charge in [-0.25, -0.2) is 9.67 Å². The normalized spacial score (nSPS) is 14.4. The highest BCUT2D eigenvalue weighted by molar-refractivity contribution is 7.98. The van der Waals surface area contributed by atoms with Crippen molar-refractivity contribution in [3.05, 3.63) is 39.9 Å². The molecule has 0 spiro atoms. The Morgan fingerprint density at radius 1 is 1.23 bits per heavy atom. The highest BCUT2D eigenvalue weighted by atomic mass is 32.2. The Hall–Kier alpha value is -2.26. The number of aryl methyl sites for hydroxylation is 3. The van der Waals surface area contributed by atoms with Gasteiger partial charge in [-0.05, 0) is 55.2 Å². The Bertz CT molecular complexity index is 1030. The predicted molar refractivity (Wildman–Crippen MR) is 120 cm³/mol. The van der Waals surface area contributed by atoms with Crippen LogP contribution in [0.1, 0.15) is 61.0 Å². The second-order valence-corrected chi connectivity index (χ2v) is 9.64. The van der Waals surface area contributed by atoms with Crippen molar-refractivity contribution in [1.29, 1.82) is 0 Å². The summed E-state index contributed by atoms with van der Waals surface area (Å²) in [6.45, 7) is 7.74. The summed E-state index contributed by atoms with van der Waals surface area (Å²) in [5, 5.41) is 15.8. The van der Waals surface area contributed by atoms with E-state index in [2.05, 4.69) is 34.6 Å². The van der Waals surface area contributed by atoms with E-state index in [9.17, 15) is 4.79 Å². The molecule has 0 radical (unpaired) electrons. The molecule has 1 saturated carbocycles. The van der Waals surface area contributed by atoms with Crippen LogP contribution in [0.2, 0.25) is 0 Å². The smallest absolute Gasteiger partial charge is 0.230 e. The van der Waals surface area contributed by atoms with Crippen molar-refractivity contribution in [2.24, 2.45) is 0 Å². The zero-order valence-electron chi connectivity index (χ0n) is 17.8. The Kier molecular flexibility index (Phi) is 6.19. The molecule has 0 bridgehead atoms. The maximum Gasteiger partial charge on any atom is 0.230 e. The van der Waals surface area contributed by atoms with Crippen molar-refractivity contribution in [3.8, 4) is 0 Å². The topological polar surface area (TPSA) is 76.8 Å². The lowest BCUT2D eigenvalue weighted by molar-refractivity contribution is -0.115. The number of hydrogen-bond acceptors (Lipinski definition) is 7. The molecule has 2 heterocycles. The first-order valence-corrected chi connectivity index (χ1v) is 12.0. The van der Waals surface area contributed by atoms with E-state index in [0.29, 0.717) is 16.9 Å². The van der Waals surface area contributed by atoms with E-state index in [0.717, 1.165) is 40.5 Å². The molecule has 1 aliphatic carbocycles. The molecular weight excluding hydrogens is 416 g/mol. The van der Waals surface area contributed by atoms with Gasteiger partial charge >= 0.3 is 0 Å². The first kappa shape index (κ1) is 21.0. The van der Waals surface area contributed by atoms with E-state index in [1.807, 2.05) is 23.9 Å². The fourth-order valence-electron chi connectivity index (χ4n) is 4.18. The van der Waals surface area contributed by atoms with Crippen LogP contribution in [0.3, 0.4) is 0 Å². The molecule has 0 unspecified atom stereocenters. The monoisotopic (exact) mass is 442 g/mol. The van der Waals surface area contributed by atoms with E-state index < -0.39 is 0 Å². The molecule has 1 aromatic carbocycles. The molecule has 0 atom stereocenters. The van der Waals surface area contributed by atoms with Gasteiger partial charge in [-0.15, -0.1) is 16.4 Å². The molecular formula is C21H26N6OS2. The van der Waals surface area contributed by atoms with Gasteiger partial charge in [-0.2, -0.15) is 0 Å². The minimum atomic E-state index is -0.0382. The van der Waals surface area contributed by atoms with E-state index in [1.165, 1.54) is 29.7 Å². The van der Waals surface area contributed by atoms with Crippen molar-refractivity contribution in [1.82, 2.24) is 25.2 Å². The number of aromatic nitrogens is 5. The van der Waals surface area contributed by atoms with Gasteiger partial charge < -0.3 is 0 Å². The molecule has 9 heteroatoms. The van der Waals surface area contributed by atoms with Crippen LogP contribution in [0.5, 0.6) is 0 Å². The van der Waals surface area contributed by atoms with Crippen LogP contribution in [0.15, 0.2) is 22.7 Å². The third-order valence-corrected chi connectivity index (χ3v) is 7.23. The number of anilines is 2. The molecule has 158 valence electrons. The molecule has 0 saturated heterocycles. The minimum absolute atomic E-state index is 0.0382. The summed E-state index contributed by atoms with van der Waals surface area (Å²) in [4.78, 5) is 19.0. The average Bonchev–Trinajstić information content (AvgIpc) is 3.43. The van der Waals surface area contributed by atoms with Crippen LogP contribution < -0.4 is 4.90 Å². The average molecular weight is 443 g/mol. The summed E-state index contributed by atoms with van der Waals surface area (Å²) in [5.74, 6) is 0.630. The summed E-state index contributed by atoms with van der Waals surface area (Å²) in [5.41, 5.74) is 5.18. The fraction of sp³-hybridized carbons (Fsp3) is 0.476. The number of rotatable bonds is 6. The molecule has 1 amide bonds. The molecule has 0 N–H and O–H groups in total. The quantitative estimate of drug-likeness (QED) is 0.492. The van der Waals surface area contributed by atoms with Crippen LogP contribution in [0.25, 0.3) is 0 Å². The number of benzene rings is 1. The number of carbonyl (C=O) groups is 1. The van der Waals surface area contributed by atoms with Crippen molar-refractivity contribution >= 4 is 39.8 Å². The maximum absolute atomic E-state index is 12.5. The highest BCUT2D eigenvalue weighted by Gasteiger charge is 2.24. The highest BCUT2D eigenvalue weighted by Crippen LogP contribution is 2.36. The second-order valence-electron chi connectivity index (χ2n) is 7.86. The van der Waals surface area contributed by atoms with Crippen LogP contribution in [-0.2, 0) is 10.5 Å². The second kappa shape index (κ2) is 8.85. The zero-order valence-corrected chi connectivity index (χ0v) is 19.4. The van der Waals surface area contributed by atoms with Crippen molar-refractivity contribution in [2.75, 3.05) is 4.90 Å². The number of thioether (sulfide) groups is 1. The van der Waals surface area contributed by atoms with Gasteiger partial charge in [-0.1, -0.05) is 42.3 Å². The Labute approximate surface area is 184 Å². The van der Waals surface area contributed by atoms with E-state index in [4.69, 9.17) is 4.98 Å². The van der Waals surface area contributed by atoms with Crippen LogP contribution >= 0.6 is 23.1 Å². The SMILES string of the molecule is CC(=O)N(c1nc(CSc2nnnn2C2CCCC2)cs1)c1c(C)cc(C)cc1C. The van der Waals surface area contributed by atoms with Gasteiger partial charge in [0.1, 0.15) is 0 Å². The number of nitrogens with zero attached hydrogens (tertiary/aromatic N) is 6. The minimum Gasteiger partial charge on any atom is -0.274 e. The third-order valence-electron chi connectivity index (χ3n) is 5.39. The van der Waals surface area contributed by atoms with Gasteiger partial charge in [0, 0.05) is 18.1 Å². The summed E-state index contributed by atoms with van der Waals surface area (Å²) < 4.78 is 1.96. The van der Waals surface area contributed by atoms with Crippen LogP contribution in [0.4, 0.5) is 10.8 Å².